The summed E-state index contributed by atoms with van der Waals surface area (Å²) in [6.45, 7) is -0.0860. The van der Waals surface area contributed by atoms with Crippen LogP contribution in [-0.4, -0.2) is 26.3 Å². The third-order valence-electron chi connectivity index (χ3n) is 2.03. The standard InChI is InChI=1S/C11H10F4O3/c1-17-4-5-18-10(16)8-6-7(11(13,14)15)2-3-9(8)12/h2-3,6H,4-5H2,1H3. The van der Waals surface area contributed by atoms with Crippen LogP contribution in [0.1, 0.15) is 15.9 Å². The average Bonchev–Trinajstić information content (AvgIpc) is 2.28. The highest BCUT2D eigenvalue weighted by molar-refractivity contribution is 5.90. The minimum Gasteiger partial charge on any atom is -0.460 e. The van der Waals surface area contributed by atoms with Crippen molar-refractivity contribution in [3.63, 3.8) is 0 Å². The van der Waals surface area contributed by atoms with Crippen LogP contribution in [0.4, 0.5) is 17.6 Å². The zero-order valence-corrected chi connectivity index (χ0v) is 9.38. The number of carbonyl (C=O) groups excluding carboxylic acids is 1. The molecule has 0 atom stereocenters. The Kier molecular flexibility index (Phi) is 4.66. The van der Waals surface area contributed by atoms with Gasteiger partial charge in [-0.25, -0.2) is 9.18 Å². The summed E-state index contributed by atoms with van der Waals surface area (Å²) < 4.78 is 59.5. The van der Waals surface area contributed by atoms with Crippen molar-refractivity contribution in [1.29, 1.82) is 0 Å². The topological polar surface area (TPSA) is 35.5 Å². The van der Waals surface area contributed by atoms with Gasteiger partial charge in [-0.15, -0.1) is 0 Å². The Morgan fingerprint density at radius 3 is 2.50 bits per heavy atom. The zero-order valence-electron chi connectivity index (χ0n) is 9.38. The Morgan fingerprint density at radius 2 is 1.94 bits per heavy atom. The smallest absolute Gasteiger partial charge is 0.416 e. The molecule has 0 N–H and O–H groups in total. The van der Waals surface area contributed by atoms with E-state index in [1.54, 1.807) is 0 Å². The second-order valence-electron chi connectivity index (χ2n) is 3.32. The summed E-state index contributed by atoms with van der Waals surface area (Å²) in [5, 5.41) is 0. The molecule has 3 nitrogen and oxygen atoms in total. The molecule has 0 spiro atoms. The minimum absolute atomic E-state index is 0.0757. The molecule has 1 aromatic rings. The molecule has 0 aliphatic rings. The van der Waals surface area contributed by atoms with Gasteiger partial charge in [-0.1, -0.05) is 0 Å². The third-order valence-corrected chi connectivity index (χ3v) is 2.03. The number of hydrogen-bond acceptors (Lipinski definition) is 3. The first-order chi connectivity index (χ1) is 8.36. The van der Waals surface area contributed by atoms with E-state index in [2.05, 4.69) is 9.47 Å². The molecule has 7 heteroatoms. The highest BCUT2D eigenvalue weighted by atomic mass is 19.4. The van der Waals surface area contributed by atoms with Crippen LogP contribution < -0.4 is 0 Å². The lowest BCUT2D eigenvalue weighted by Crippen LogP contribution is -2.13. The summed E-state index contributed by atoms with van der Waals surface area (Å²) >= 11 is 0. The zero-order chi connectivity index (χ0) is 13.8. The molecular formula is C11H10F4O3. The second-order valence-corrected chi connectivity index (χ2v) is 3.32. The minimum atomic E-state index is -4.64. The van der Waals surface area contributed by atoms with E-state index in [0.717, 1.165) is 0 Å². The monoisotopic (exact) mass is 266 g/mol. The summed E-state index contributed by atoms with van der Waals surface area (Å²) in [6, 6.07) is 1.56. The fourth-order valence-electron chi connectivity index (χ4n) is 1.15. The highest BCUT2D eigenvalue weighted by Crippen LogP contribution is 2.30. The number of benzene rings is 1. The van der Waals surface area contributed by atoms with Gasteiger partial charge in [0.1, 0.15) is 12.4 Å². The fraction of sp³-hybridized carbons (Fsp3) is 0.364. The van der Waals surface area contributed by atoms with E-state index in [-0.39, 0.29) is 13.2 Å². The summed E-state index contributed by atoms with van der Waals surface area (Å²) in [5.74, 6) is -2.22. The number of methoxy groups -OCH3 is 1. The lowest BCUT2D eigenvalue weighted by atomic mass is 10.1. The SMILES string of the molecule is COCCOC(=O)c1cc(C(F)(F)F)ccc1F. The van der Waals surface area contributed by atoms with Crippen LogP contribution in [0.15, 0.2) is 18.2 Å². The van der Waals surface area contributed by atoms with Crippen LogP contribution in [0.5, 0.6) is 0 Å². The van der Waals surface area contributed by atoms with Crippen molar-refractivity contribution in [2.75, 3.05) is 20.3 Å². The van der Waals surface area contributed by atoms with Crippen LogP contribution in [-0.2, 0) is 15.7 Å². The molecule has 0 amide bonds. The molecular weight excluding hydrogens is 256 g/mol. The number of esters is 1. The fourth-order valence-corrected chi connectivity index (χ4v) is 1.15. The van der Waals surface area contributed by atoms with Crippen LogP contribution in [0.2, 0.25) is 0 Å². The molecule has 0 bridgehead atoms. The number of carbonyl (C=O) groups is 1. The first kappa shape index (κ1) is 14.4. The maximum atomic E-state index is 13.2. The molecule has 100 valence electrons. The Hall–Kier alpha value is -1.63. The van der Waals surface area contributed by atoms with E-state index in [1.807, 2.05) is 0 Å². The summed E-state index contributed by atoms with van der Waals surface area (Å²) in [7, 11) is 1.36. The molecule has 0 saturated carbocycles. The van der Waals surface area contributed by atoms with Crippen LogP contribution in [0.3, 0.4) is 0 Å². The van der Waals surface area contributed by atoms with Gasteiger partial charge in [0.15, 0.2) is 0 Å². The molecule has 1 aromatic carbocycles. The normalized spacial score (nSPS) is 11.4. The second kappa shape index (κ2) is 5.81. The van der Waals surface area contributed by atoms with Crippen LogP contribution >= 0.6 is 0 Å². The maximum Gasteiger partial charge on any atom is 0.416 e. The van der Waals surface area contributed by atoms with Crippen molar-refractivity contribution >= 4 is 5.97 Å². The van der Waals surface area contributed by atoms with Crippen molar-refractivity contribution in [2.24, 2.45) is 0 Å². The van der Waals surface area contributed by atoms with Gasteiger partial charge in [-0.2, -0.15) is 13.2 Å². The lowest BCUT2D eigenvalue weighted by Gasteiger charge is -2.09. The molecule has 0 unspecified atom stereocenters. The molecule has 0 heterocycles. The largest absolute Gasteiger partial charge is 0.460 e. The van der Waals surface area contributed by atoms with Gasteiger partial charge >= 0.3 is 12.1 Å². The van der Waals surface area contributed by atoms with Gasteiger partial charge in [0.05, 0.1) is 17.7 Å². The predicted octanol–water partition coefficient (Wildman–Crippen LogP) is 2.65. The molecule has 0 fully saturated rings. The van der Waals surface area contributed by atoms with E-state index in [4.69, 9.17) is 0 Å². The summed E-state index contributed by atoms with van der Waals surface area (Å²) in [5.41, 5.74) is -1.86. The molecule has 1 rings (SSSR count). The van der Waals surface area contributed by atoms with Gasteiger partial charge in [0.2, 0.25) is 0 Å². The van der Waals surface area contributed by atoms with E-state index < -0.39 is 29.1 Å². The number of alkyl halides is 3. The first-order valence-corrected chi connectivity index (χ1v) is 4.89. The Labute approximate surface area is 100 Å². The van der Waals surface area contributed by atoms with Crippen molar-refractivity contribution in [3.05, 3.63) is 35.1 Å². The van der Waals surface area contributed by atoms with E-state index in [1.165, 1.54) is 7.11 Å². The molecule has 0 aliphatic carbocycles. The van der Waals surface area contributed by atoms with E-state index in [0.29, 0.717) is 18.2 Å². The number of halogens is 4. The third kappa shape index (κ3) is 3.69. The number of hydrogen-bond donors (Lipinski definition) is 0. The summed E-state index contributed by atoms with van der Waals surface area (Å²) in [6.07, 6.45) is -4.64. The number of ether oxygens (including phenoxy) is 2. The highest BCUT2D eigenvalue weighted by Gasteiger charge is 2.32. The summed E-state index contributed by atoms with van der Waals surface area (Å²) in [4.78, 5) is 11.3. The van der Waals surface area contributed by atoms with Gasteiger partial charge in [0.25, 0.3) is 0 Å². The molecule has 18 heavy (non-hydrogen) atoms. The van der Waals surface area contributed by atoms with E-state index in [9.17, 15) is 22.4 Å². The van der Waals surface area contributed by atoms with E-state index >= 15 is 0 Å². The van der Waals surface area contributed by atoms with Crippen molar-refractivity contribution in [1.82, 2.24) is 0 Å². The Balaban J connectivity index is 2.90. The van der Waals surface area contributed by atoms with Gasteiger partial charge in [-0.05, 0) is 18.2 Å². The molecule has 0 radical (unpaired) electrons. The quantitative estimate of drug-likeness (QED) is 0.477. The number of rotatable bonds is 4. The molecule has 0 aromatic heterocycles. The Bertz CT molecular complexity index is 429. The van der Waals surface area contributed by atoms with Crippen LogP contribution in [0.25, 0.3) is 0 Å². The average molecular weight is 266 g/mol. The van der Waals surface area contributed by atoms with Crippen molar-refractivity contribution in [3.8, 4) is 0 Å². The predicted molar refractivity (Wildman–Crippen MR) is 53.6 cm³/mol. The van der Waals surface area contributed by atoms with Crippen molar-refractivity contribution in [2.45, 2.75) is 6.18 Å². The van der Waals surface area contributed by atoms with Crippen LogP contribution in [0, 0.1) is 5.82 Å². The Morgan fingerprint density at radius 1 is 1.28 bits per heavy atom. The molecule has 0 saturated heterocycles. The van der Waals surface area contributed by atoms with Gasteiger partial charge in [-0.3, -0.25) is 0 Å². The van der Waals surface area contributed by atoms with Crippen molar-refractivity contribution < 1.29 is 31.8 Å². The molecule has 0 aliphatic heterocycles. The van der Waals surface area contributed by atoms with Gasteiger partial charge in [0, 0.05) is 7.11 Å². The first-order valence-electron chi connectivity index (χ1n) is 4.89. The maximum absolute atomic E-state index is 13.2. The van der Waals surface area contributed by atoms with Gasteiger partial charge < -0.3 is 9.47 Å². The lowest BCUT2D eigenvalue weighted by molar-refractivity contribution is -0.137.